The molecular weight excluding hydrogens is 293 g/mol. The molecule has 0 bridgehead atoms. The van der Waals surface area contributed by atoms with Crippen LogP contribution in [0.2, 0.25) is 0 Å². The molecule has 0 radical (unpaired) electrons. The van der Waals surface area contributed by atoms with Gasteiger partial charge in [0.25, 0.3) is 0 Å². The molecule has 2 N–H and O–H groups in total. The lowest BCUT2D eigenvalue weighted by Gasteiger charge is -2.17. The summed E-state index contributed by atoms with van der Waals surface area (Å²) in [5.74, 6) is -0.821. The highest BCUT2D eigenvalue weighted by Crippen LogP contribution is 2.15. The third-order valence-electron chi connectivity index (χ3n) is 2.95. The third kappa shape index (κ3) is 4.63. The predicted molar refractivity (Wildman–Crippen MR) is 78.4 cm³/mol. The van der Waals surface area contributed by atoms with E-state index < -0.39 is 21.9 Å². The van der Waals surface area contributed by atoms with E-state index in [0.29, 0.717) is 11.1 Å². The monoisotopic (exact) mass is 309 g/mol. The molecule has 4 nitrogen and oxygen atoms in total. The summed E-state index contributed by atoms with van der Waals surface area (Å²) in [4.78, 5) is 0. The summed E-state index contributed by atoms with van der Waals surface area (Å²) < 4.78 is 39.7. The average molecular weight is 309 g/mol. The van der Waals surface area contributed by atoms with Gasteiger partial charge in [-0.2, -0.15) is 0 Å². The number of hydrogen-bond donors (Lipinski definition) is 2. The van der Waals surface area contributed by atoms with Gasteiger partial charge in [-0.15, -0.1) is 0 Å². The number of benzene rings is 2. The number of aliphatic hydroxyl groups excluding tert-OH is 1. The van der Waals surface area contributed by atoms with Gasteiger partial charge in [0.1, 0.15) is 5.82 Å². The van der Waals surface area contributed by atoms with Gasteiger partial charge in [-0.05, 0) is 23.3 Å². The van der Waals surface area contributed by atoms with Gasteiger partial charge in [-0.1, -0.05) is 42.5 Å². The molecule has 0 aliphatic carbocycles. The minimum atomic E-state index is -3.69. The fraction of sp³-hybridized carbons (Fsp3) is 0.200. The molecule has 0 aromatic heterocycles. The largest absolute Gasteiger partial charge is 0.394 e. The Morgan fingerprint density at radius 1 is 1.10 bits per heavy atom. The van der Waals surface area contributed by atoms with Crippen molar-refractivity contribution < 1.29 is 17.9 Å². The first-order valence-electron chi connectivity index (χ1n) is 6.40. The lowest BCUT2D eigenvalue weighted by atomic mass is 10.1. The summed E-state index contributed by atoms with van der Waals surface area (Å²) in [6.07, 6.45) is 0. The van der Waals surface area contributed by atoms with Crippen LogP contribution in [0.25, 0.3) is 0 Å². The van der Waals surface area contributed by atoms with Crippen molar-refractivity contribution in [2.24, 2.45) is 0 Å². The number of sulfonamides is 1. The molecule has 0 heterocycles. The van der Waals surface area contributed by atoms with E-state index >= 15 is 0 Å². The fourth-order valence-electron chi connectivity index (χ4n) is 2.00. The molecule has 0 saturated heterocycles. The van der Waals surface area contributed by atoms with Crippen LogP contribution in [0.3, 0.4) is 0 Å². The molecule has 0 aliphatic rings. The smallest absolute Gasteiger partial charge is 0.216 e. The van der Waals surface area contributed by atoms with Crippen molar-refractivity contribution in [1.82, 2.24) is 4.72 Å². The highest BCUT2D eigenvalue weighted by molar-refractivity contribution is 7.88. The quantitative estimate of drug-likeness (QED) is 0.857. The summed E-state index contributed by atoms with van der Waals surface area (Å²) in [5, 5.41) is 9.37. The Morgan fingerprint density at radius 3 is 2.43 bits per heavy atom. The second-order valence-corrected chi connectivity index (χ2v) is 6.41. The lowest BCUT2D eigenvalue weighted by molar-refractivity contribution is 0.259. The maximum absolute atomic E-state index is 13.1. The van der Waals surface area contributed by atoms with Gasteiger partial charge in [0.05, 0.1) is 18.4 Å². The van der Waals surface area contributed by atoms with Gasteiger partial charge in [-0.25, -0.2) is 17.5 Å². The van der Waals surface area contributed by atoms with Crippen LogP contribution in [0.4, 0.5) is 4.39 Å². The Kier molecular flexibility index (Phi) is 5.06. The van der Waals surface area contributed by atoms with Crippen molar-refractivity contribution in [2.45, 2.75) is 11.8 Å². The van der Waals surface area contributed by atoms with Crippen LogP contribution in [0, 0.1) is 5.82 Å². The maximum Gasteiger partial charge on any atom is 0.216 e. The van der Waals surface area contributed by atoms with E-state index in [4.69, 9.17) is 0 Å². The van der Waals surface area contributed by atoms with Crippen molar-refractivity contribution in [3.63, 3.8) is 0 Å². The van der Waals surface area contributed by atoms with Crippen molar-refractivity contribution in [3.05, 3.63) is 71.5 Å². The number of aliphatic hydroxyl groups is 1. The molecule has 2 rings (SSSR count). The Labute approximate surface area is 123 Å². The number of nitrogens with one attached hydrogen (secondary N) is 1. The zero-order valence-electron chi connectivity index (χ0n) is 11.2. The van der Waals surface area contributed by atoms with E-state index in [1.165, 1.54) is 18.2 Å². The molecule has 0 fully saturated rings. The molecule has 2 aromatic rings. The van der Waals surface area contributed by atoms with Crippen molar-refractivity contribution in [1.29, 1.82) is 0 Å². The van der Waals surface area contributed by atoms with E-state index in [9.17, 15) is 17.9 Å². The summed E-state index contributed by atoms with van der Waals surface area (Å²) in [6.45, 7) is -0.355. The molecule has 6 heteroatoms. The highest BCUT2D eigenvalue weighted by atomic mass is 32.2. The van der Waals surface area contributed by atoms with E-state index in [2.05, 4.69) is 4.72 Å². The molecule has 112 valence electrons. The van der Waals surface area contributed by atoms with Crippen LogP contribution in [-0.4, -0.2) is 20.1 Å². The standard InChI is InChI=1S/C15H16FNO3S/c16-14-8-4-5-12(9-14)11-21(19,20)17-15(10-18)13-6-2-1-3-7-13/h1-9,15,17-18H,10-11H2. The average Bonchev–Trinajstić information content (AvgIpc) is 2.45. The molecular formula is C15H16FNO3S. The molecule has 0 aliphatic heterocycles. The molecule has 1 atom stereocenters. The van der Waals surface area contributed by atoms with Crippen LogP contribution in [-0.2, 0) is 15.8 Å². The Balaban J connectivity index is 2.13. The van der Waals surface area contributed by atoms with Gasteiger partial charge >= 0.3 is 0 Å². The van der Waals surface area contributed by atoms with Crippen molar-refractivity contribution in [3.8, 4) is 0 Å². The maximum atomic E-state index is 13.1. The van der Waals surface area contributed by atoms with E-state index in [1.54, 1.807) is 36.4 Å². The second-order valence-electron chi connectivity index (χ2n) is 4.65. The topological polar surface area (TPSA) is 66.4 Å². The lowest BCUT2D eigenvalue weighted by Crippen LogP contribution is -2.31. The first-order valence-corrected chi connectivity index (χ1v) is 8.05. The normalized spacial score (nSPS) is 13.0. The molecule has 0 amide bonds. The third-order valence-corrected chi connectivity index (χ3v) is 4.31. The van der Waals surface area contributed by atoms with Crippen LogP contribution < -0.4 is 4.72 Å². The first kappa shape index (κ1) is 15.6. The van der Waals surface area contributed by atoms with Crippen LogP contribution in [0.1, 0.15) is 17.2 Å². The first-order chi connectivity index (χ1) is 10.00. The number of hydrogen-bond acceptors (Lipinski definition) is 3. The zero-order valence-corrected chi connectivity index (χ0v) is 12.1. The van der Waals surface area contributed by atoms with Crippen LogP contribution in [0.5, 0.6) is 0 Å². The molecule has 2 aromatic carbocycles. The predicted octanol–water partition coefficient (Wildman–Crippen LogP) is 1.98. The van der Waals surface area contributed by atoms with Crippen molar-refractivity contribution in [2.75, 3.05) is 6.61 Å². The summed E-state index contributed by atoms with van der Waals surface area (Å²) in [5.41, 5.74) is 1.02. The van der Waals surface area contributed by atoms with E-state index in [0.717, 1.165) is 0 Å². The summed E-state index contributed by atoms with van der Waals surface area (Å²) in [6, 6.07) is 13.5. The molecule has 0 saturated carbocycles. The van der Waals surface area contributed by atoms with Crippen molar-refractivity contribution >= 4 is 10.0 Å². The SMILES string of the molecule is O=S(=O)(Cc1cccc(F)c1)NC(CO)c1ccccc1. The Morgan fingerprint density at radius 2 is 1.81 bits per heavy atom. The molecule has 0 spiro atoms. The van der Waals surface area contributed by atoms with Gasteiger partial charge in [-0.3, -0.25) is 0 Å². The highest BCUT2D eigenvalue weighted by Gasteiger charge is 2.19. The Bertz CT molecular complexity index is 689. The fourth-order valence-corrected chi connectivity index (χ4v) is 3.35. The summed E-state index contributed by atoms with van der Waals surface area (Å²) >= 11 is 0. The number of rotatable bonds is 6. The summed E-state index contributed by atoms with van der Waals surface area (Å²) in [7, 11) is -3.69. The molecule has 1 unspecified atom stereocenters. The zero-order chi connectivity index (χ0) is 15.3. The van der Waals surface area contributed by atoms with Gasteiger partial charge in [0, 0.05) is 0 Å². The van der Waals surface area contributed by atoms with Crippen LogP contribution in [0.15, 0.2) is 54.6 Å². The van der Waals surface area contributed by atoms with Gasteiger partial charge in [0.15, 0.2) is 0 Å². The second kappa shape index (κ2) is 6.80. The number of halogens is 1. The van der Waals surface area contributed by atoms with E-state index in [1.807, 2.05) is 0 Å². The minimum Gasteiger partial charge on any atom is -0.394 e. The van der Waals surface area contributed by atoms with Gasteiger partial charge in [0.2, 0.25) is 10.0 Å². The van der Waals surface area contributed by atoms with Crippen LogP contribution >= 0.6 is 0 Å². The Hall–Kier alpha value is -1.76. The van der Waals surface area contributed by atoms with E-state index in [-0.39, 0.29) is 12.4 Å². The van der Waals surface area contributed by atoms with Gasteiger partial charge < -0.3 is 5.11 Å². The molecule has 21 heavy (non-hydrogen) atoms. The minimum absolute atomic E-state index is 0.339.